The number of nitrogens with zero attached hydrogens (tertiary/aromatic N) is 1. The summed E-state index contributed by atoms with van der Waals surface area (Å²) in [7, 11) is 0. The van der Waals surface area contributed by atoms with E-state index in [-0.39, 0.29) is 23.4 Å². The summed E-state index contributed by atoms with van der Waals surface area (Å²) in [4.78, 5) is 23.5. The van der Waals surface area contributed by atoms with E-state index in [0.29, 0.717) is 11.3 Å². The van der Waals surface area contributed by atoms with Gasteiger partial charge in [0.2, 0.25) is 5.91 Å². The van der Waals surface area contributed by atoms with Crippen LogP contribution in [0.5, 0.6) is 0 Å². The molecule has 126 valence electrons. The van der Waals surface area contributed by atoms with Gasteiger partial charge >= 0.3 is 0 Å². The first-order valence-electron chi connectivity index (χ1n) is 7.44. The zero-order chi connectivity index (χ0) is 17.8. The summed E-state index contributed by atoms with van der Waals surface area (Å²) in [6.45, 7) is 0. The number of primary amides is 1. The Morgan fingerprint density at radius 3 is 2.60 bits per heavy atom. The number of hydrogen-bond donors (Lipinski definition) is 2. The van der Waals surface area contributed by atoms with Gasteiger partial charge in [-0.2, -0.15) is 0 Å². The van der Waals surface area contributed by atoms with Crippen LogP contribution in [0.15, 0.2) is 59.1 Å². The molecule has 0 atom stereocenters. The molecular weight excluding hydrogens is 325 g/mol. The number of nitrogens with one attached hydrogen (secondary N) is 1. The Hall–Kier alpha value is -3.48. The van der Waals surface area contributed by atoms with Gasteiger partial charge in [0.05, 0.1) is 12.0 Å². The highest BCUT2D eigenvalue weighted by molar-refractivity contribution is 6.04. The van der Waals surface area contributed by atoms with Crippen LogP contribution >= 0.6 is 0 Å². The van der Waals surface area contributed by atoms with Gasteiger partial charge in [0.1, 0.15) is 5.82 Å². The van der Waals surface area contributed by atoms with Gasteiger partial charge in [0.25, 0.3) is 5.91 Å². The maximum absolute atomic E-state index is 13.8. The van der Waals surface area contributed by atoms with Crippen molar-refractivity contribution in [2.75, 3.05) is 5.32 Å². The zero-order valence-electron chi connectivity index (χ0n) is 13.0. The van der Waals surface area contributed by atoms with Crippen molar-refractivity contribution in [1.29, 1.82) is 0 Å². The molecule has 0 fully saturated rings. The van der Waals surface area contributed by atoms with E-state index in [1.54, 1.807) is 36.4 Å². The molecule has 0 saturated carbocycles. The highest BCUT2D eigenvalue weighted by atomic mass is 19.1. The molecule has 0 saturated heterocycles. The van der Waals surface area contributed by atoms with Gasteiger partial charge in [-0.05, 0) is 23.8 Å². The van der Waals surface area contributed by atoms with Crippen molar-refractivity contribution in [3.05, 3.63) is 71.7 Å². The molecule has 0 spiro atoms. The van der Waals surface area contributed by atoms with Crippen molar-refractivity contribution < 1.29 is 18.5 Å². The highest BCUT2D eigenvalue weighted by Gasteiger charge is 2.17. The maximum atomic E-state index is 13.8. The number of para-hydroxylation sites is 1. The normalized spacial score (nSPS) is 10.4. The number of halogens is 1. The van der Waals surface area contributed by atoms with E-state index in [1.165, 1.54) is 18.2 Å². The largest absolute Gasteiger partial charge is 0.369 e. The van der Waals surface area contributed by atoms with Crippen LogP contribution < -0.4 is 11.1 Å². The lowest BCUT2D eigenvalue weighted by atomic mass is 10.1. The highest BCUT2D eigenvalue weighted by Crippen LogP contribution is 2.24. The van der Waals surface area contributed by atoms with E-state index in [0.717, 1.165) is 0 Å². The third-order valence-electron chi connectivity index (χ3n) is 3.51. The molecule has 3 N–H and O–H groups in total. The van der Waals surface area contributed by atoms with Gasteiger partial charge in [-0.3, -0.25) is 9.59 Å². The van der Waals surface area contributed by atoms with Crippen LogP contribution in [-0.4, -0.2) is 17.0 Å². The van der Waals surface area contributed by atoms with E-state index in [2.05, 4.69) is 10.5 Å². The Bertz CT molecular complexity index is 937. The number of anilines is 1. The molecule has 0 bridgehead atoms. The van der Waals surface area contributed by atoms with Crippen molar-refractivity contribution in [3.8, 4) is 11.3 Å². The topological polar surface area (TPSA) is 98.2 Å². The minimum atomic E-state index is -0.539. The van der Waals surface area contributed by atoms with Crippen molar-refractivity contribution in [1.82, 2.24) is 5.16 Å². The molecule has 3 rings (SSSR count). The summed E-state index contributed by atoms with van der Waals surface area (Å²) >= 11 is 0. The van der Waals surface area contributed by atoms with Crippen LogP contribution in [0, 0.1) is 5.82 Å². The van der Waals surface area contributed by atoms with Gasteiger partial charge in [-0.25, -0.2) is 4.39 Å². The Morgan fingerprint density at radius 1 is 1.12 bits per heavy atom. The summed E-state index contributed by atoms with van der Waals surface area (Å²) in [5.74, 6) is -1.38. The lowest BCUT2D eigenvalue weighted by Gasteiger charge is -2.08. The van der Waals surface area contributed by atoms with Gasteiger partial charge < -0.3 is 15.6 Å². The predicted octanol–water partition coefficient (Wildman–Crippen LogP) is 2.76. The van der Waals surface area contributed by atoms with Crippen molar-refractivity contribution in [2.45, 2.75) is 6.42 Å². The monoisotopic (exact) mass is 339 g/mol. The lowest BCUT2D eigenvalue weighted by Crippen LogP contribution is -2.17. The number of carbonyl (C=O) groups excluding carboxylic acids is 2. The molecule has 2 amide bonds. The predicted molar refractivity (Wildman–Crippen MR) is 89.2 cm³/mol. The first-order chi connectivity index (χ1) is 12.0. The molecule has 7 heteroatoms. The third-order valence-corrected chi connectivity index (χ3v) is 3.51. The minimum absolute atomic E-state index is 0.00422. The average molecular weight is 339 g/mol. The maximum Gasteiger partial charge on any atom is 0.277 e. The first-order valence-corrected chi connectivity index (χ1v) is 7.44. The van der Waals surface area contributed by atoms with Crippen molar-refractivity contribution >= 4 is 17.5 Å². The van der Waals surface area contributed by atoms with Crippen molar-refractivity contribution in [2.24, 2.45) is 5.73 Å². The van der Waals surface area contributed by atoms with E-state index >= 15 is 0 Å². The summed E-state index contributed by atoms with van der Waals surface area (Å²) in [5, 5.41) is 6.32. The lowest BCUT2D eigenvalue weighted by molar-refractivity contribution is -0.117. The van der Waals surface area contributed by atoms with Crippen molar-refractivity contribution in [3.63, 3.8) is 0 Å². The molecule has 0 aliphatic heterocycles. The van der Waals surface area contributed by atoms with Gasteiger partial charge in [-0.1, -0.05) is 35.5 Å². The summed E-state index contributed by atoms with van der Waals surface area (Å²) in [6.07, 6.45) is -0.00422. The van der Waals surface area contributed by atoms with Gasteiger partial charge in [0, 0.05) is 11.8 Å². The molecule has 1 aromatic heterocycles. The molecule has 3 aromatic rings. The Kier molecular flexibility index (Phi) is 4.56. The van der Waals surface area contributed by atoms with Crippen LogP contribution in [0.25, 0.3) is 11.3 Å². The van der Waals surface area contributed by atoms with E-state index in [1.807, 2.05) is 0 Å². The molecule has 0 radical (unpaired) electrons. The second-order valence-electron chi connectivity index (χ2n) is 5.31. The van der Waals surface area contributed by atoms with E-state index in [9.17, 15) is 14.0 Å². The molecule has 2 aromatic carbocycles. The second kappa shape index (κ2) is 6.96. The van der Waals surface area contributed by atoms with Gasteiger partial charge in [0.15, 0.2) is 11.5 Å². The van der Waals surface area contributed by atoms with Crippen LogP contribution in [0.2, 0.25) is 0 Å². The summed E-state index contributed by atoms with van der Waals surface area (Å²) < 4.78 is 18.8. The number of amides is 2. The molecule has 0 aliphatic carbocycles. The first kappa shape index (κ1) is 16.4. The molecule has 6 nitrogen and oxygen atoms in total. The van der Waals surface area contributed by atoms with E-state index < -0.39 is 17.6 Å². The number of carbonyl (C=O) groups is 2. The van der Waals surface area contributed by atoms with Crippen LogP contribution in [0.3, 0.4) is 0 Å². The second-order valence-corrected chi connectivity index (χ2v) is 5.31. The molecular formula is C18H14FN3O3. The number of aromatic nitrogens is 1. The van der Waals surface area contributed by atoms with Crippen LogP contribution in [0.4, 0.5) is 10.1 Å². The number of benzene rings is 2. The SMILES string of the molecule is NC(=O)Cc1ccccc1NC(=O)c1cc(-c2ccccc2F)on1. The quantitative estimate of drug-likeness (QED) is 0.747. The fourth-order valence-corrected chi connectivity index (χ4v) is 2.34. The molecule has 0 unspecified atom stereocenters. The van der Waals surface area contributed by atoms with Gasteiger partial charge in [-0.15, -0.1) is 0 Å². The summed E-state index contributed by atoms with van der Waals surface area (Å²) in [6, 6.07) is 14.2. The Balaban J connectivity index is 1.82. The smallest absolute Gasteiger partial charge is 0.277 e. The average Bonchev–Trinajstić information content (AvgIpc) is 3.06. The Labute approximate surface area is 142 Å². The zero-order valence-corrected chi connectivity index (χ0v) is 13.0. The minimum Gasteiger partial charge on any atom is -0.369 e. The third kappa shape index (κ3) is 3.72. The van der Waals surface area contributed by atoms with E-state index in [4.69, 9.17) is 10.3 Å². The summed E-state index contributed by atoms with van der Waals surface area (Å²) in [5.41, 5.74) is 6.44. The van der Waals surface area contributed by atoms with Crippen LogP contribution in [-0.2, 0) is 11.2 Å². The number of hydrogen-bond acceptors (Lipinski definition) is 4. The number of nitrogens with two attached hydrogens (primary N) is 1. The molecule has 25 heavy (non-hydrogen) atoms. The fraction of sp³-hybridized carbons (Fsp3) is 0.0556. The Morgan fingerprint density at radius 2 is 1.84 bits per heavy atom. The van der Waals surface area contributed by atoms with Crippen LogP contribution in [0.1, 0.15) is 16.1 Å². The molecule has 1 heterocycles. The fourth-order valence-electron chi connectivity index (χ4n) is 2.34. The standard InChI is InChI=1S/C18H14FN3O3/c19-13-7-3-2-6-12(13)16-10-15(22-25-16)18(24)21-14-8-4-1-5-11(14)9-17(20)23/h1-8,10H,9H2,(H2,20,23)(H,21,24). The number of rotatable bonds is 5. The molecule has 0 aliphatic rings.